The molecule has 0 fully saturated rings. The zero-order chi connectivity index (χ0) is 18.9. The number of aliphatic hydroxyl groups excluding tert-OH is 1. The number of aromatic nitrogens is 3. The molecular weight excluding hydrogens is 378 g/mol. The summed E-state index contributed by atoms with van der Waals surface area (Å²) in [5, 5.41) is 13.3. The van der Waals surface area contributed by atoms with E-state index in [1.807, 2.05) is 0 Å². The van der Waals surface area contributed by atoms with Crippen LogP contribution in [0, 0.1) is 0 Å². The van der Waals surface area contributed by atoms with Crippen molar-refractivity contribution in [3.05, 3.63) is 47.2 Å². The Hall–Kier alpha value is -2.76. The Labute approximate surface area is 153 Å². The fraction of sp³-hybridized carbons (Fsp3) is 0.133. The number of nitrogens with one attached hydrogen (secondary N) is 1. The Balaban J connectivity index is 1.95. The molecule has 3 rings (SSSR count). The van der Waals surface area contributed by atoms with E-state index in [0.29, 0.717) is 5.69 Å². The summed E-state index contributed by atoms with van der Waals surface area (Å²) in [7, 11) is -2.34. The Morgan fingerprint density at radius 1 is 1.42 bits per heavy atom. The van der Waals surface area contributed by atoms with Crippen LogP contribution in [0.1, 0.15) is 16.1 Å². The molecule has 0 spiro atoms. The molecule has 0 saturated carbocycles. The van der Waals surface area contributed by atoms with Crippen LogP contribution in [0.15, 0.2) is 46.0 Å². The Kier molecular flexibility index (Phi) is 4.76. The second-order valence-electron chi connectivity index (χ2n) is 5.33. The molecule has 26 heavy (non-hydrogen) atoms. The topological polar surface area (TPSA) is 140 Å². The van der Waals surface area contributed by atoms with Crippen LogP contribution in [0.25, 0.3) is 0 Å². The third-order valence-electron chi connectivity index (χ3n) is 3.53. The maximum atomic E-state index is 12.7. The molecule has 136 valence electrons. The molecule has 9 nitrogen and oxygen atoms in total. The number of nitrogens with two attached hydrogens (primary N) is 1. The van der Waals surface area contributed by atoms with Gasteiger partial charge in [0.05, 0.1) is 22.8 Å². The number of aliphatic hydroxyl groups is 1. The van der Waals surface area contributed by atoms with E-state index in [1.165, 1.54) is 35.2 Å². The van der Waals surface area contributed by atoms with Crippen molar-refractivity contribution >= 4 is 37.9 Å². The van der Waals surface area contributed by atoms with Gasteiger partial charge in [0.25, 0.3) is 5.91 Å². The average molecular weight is 393 g/mol. The molecule has 2 aromatic heterocycles. The van der Waals surface area contributed by atoms with Gasteiger partial charge in [0.15, 0.2) is 5.13 Å². The number of thiazole rings is 1. The second-order valence-corrected chi connectivity index (χ2v) is 8.03. The molecule has 0 saturated heterocycles. The number of rotatable bonds is 5. The summed E-state index contributed by atoms with van der Waals surface area (Å²) in [6, 6.07) is 3.88. The van der Waals surface area contributed by atoms with Crippen molar-refractivity contribution in [1.29, 1.82) is 0 Å². The summed E-state index contributed by atoms with van der Waals surface area (Å²) < 4.78 is 26.8. The zero-order valence-corrected chi connectivity index (χ0v) is 15.2. The minimum absolute atomic E-state index is 0.000956. The smallest absolute Gasteiger partial charge is 0.259 e. The number of aryl methyl sites for hydroxylation is 1. The predicted molar refractivity (Wildman–Crippen MR) is 95.5 cm³/mol. The minimum atomic E-state index is -3.90. The summed E-state index contributed by atoms with van der Waals surface area (Å²) in [6.45, 7) is -0.244. The lowest BCUT2D eigenvalue weighted by molar-refractivity contribution is 0.102. The number of carbonyl (C=O) groups excluding carboxylic acids is 1. The summed E-state index contributed by atoms with van der Waals surface area (Å²) in [4.78, 5) is 20.2. The molecule has 0 aliphatic rings. The van der Waals surface area contributed by atoms with Gasteiger partial charge in [-0.1, -0.05) is 0 Å². The highest BCUT2D eigenvalue weighted by molar-refractivity contribution is 7.91. The highest BCUT2D eigenvalue weighted by atomic mass is 32.2. The van der Waals surface area contributed by atoms with Crippen LogP contribution in [0.5, 0.6) is 0 Å². The van der Waals surface area contributed by atoms with E-state index in [1.54, 1.807) is 12.4 Å². The van der Waals surface area contributed by atoms with Gasteiger partial charge in [0, 0.05) is 30.5 Å². The maximum absolute atomic E-state index is 12.7. The van der Waals surface area contributed by atoms with E-state index in [0.717, 1.165) is 11.3 Å². The van der Waals surface area contributed by atoms with Gasteiger partial charge in [-0.25, -0.2) is 18.4 Å². The van der Waals surface area contributed by atoms with Crippen LogP contribution in [-0.4, -0.2) is 34.0 Å². The van der Waals surface area contributed by atoms with Gasteiger partial charge in [-0.3, -0.25) is 10.1 Å². The average Bonchev–Trinajstić information content (AvgIpc) is 3.23. The number of amides is 1. The van der Waals surface area contributed by atoms with E-state index in [2.05, 4.69) is 15.3 Å². The number of nitrogens with zero attached hydrogens (tertiary/aromatic N) is 3. The highest BCUT2D eigenvalue weighted by Crippen LogP contribution is 2.24. The molecule has 3 aromatic rings. The van der Waals surface area contributed by atoms with Crippen molar-refractivity contribution in [1.82, 2.24) is 14.5 Å². The SMILES string of the molecule is Cn1ccnc1S(=O)(=O)c1ccc(N)c(C(=O)Nc2nc(CO)cs2)c1. The van der Waals surface area contributed by atoms with Crippen LogP contribution in [-0.2, 0) is 23.5 Å². The Morgan fingerprint density at radius 2 is 2.19 bits per heavy atom. The summed E-state index contributed by atoms with van der Waals surface area (Å²) in [5.41, 5.74) is 6.38. The van der Waals surface area contributed by atoms with Gasteiger partial charge in [-0.05, 0) is 18.2 Å². The van der Waals surface area contributed by atoms with Crippen molar-refractivity contribution in [2.24, 2.45) is 7.05 Å². The number of nitrogen functional groups attached to an aromatic ring is 1. The summed E-state index contributed by atoms with van der Waals surface area (Å²) in [5.74, 6) is -0.599. The number of sulfone groups is 1. The number of imidazole rings is 1. The third-order valence-corrected chi connectivity index (χ3v) is 6.09. The van der Waals surface area contributed by atoms with Crippen molar-refractivity contribution < 1.29 is 18.3 Å². The van der Waals surface area contributed by atoms with Gasteiger partial charge in [0.2, 0.25) is 15.0 Å². The molecule has 0 radical (unpaired) electrons. The second kappa shape index (κ2) is 6.86. The maximum Gasteiger partial charge on any atom is 0.259 e. The lowest BCUT2D eigenvalue weighted by atomic mass is 10.1. The number of hydrogen-bond donors (Lipinski definition) is 3. The molecule has 11 heteroatoms. The highest BCUT2D eigenvalue weighted by Gasteiger charge is 2.24. The van der Waals surface area contributed by atoms with Crippen molar-refractivity contribution in [2.45, 2.75) is 16.7 Å². The fourth-order valence-corrected chi connectivity index (χ4v) is 4.28. The largest absolute Gasteiger partial charge is 0.398 e. The number of benzene rings is 1. The first-order chi connectivity index (χ1) is 12.3. The van der Waals surface area contributed by atoms with E-state index in [4.69, 9.17) is 10.8 Å². The molecule has 0 bridgehead atoms. The van der Waals surface area contributed by atoms with Crippen LogP contribution in [0.2, 0.25) is 0 Å². The van der Waals surface area contributed by atoms with E-state index >= 15 is 0 Å². The third kappa shape index (κ3) is 3.31. The van der Waals surface area contributed by atoms with Crippen LogP contribution in [0.4, 0.5) is 10.8 Å². The number of hydrogen-bond acceptors (Lipinski definition) is 8. The quantitative estimate of drug-likeness (QED) is 0.550. The van der Waals surface area contributed by atoms with Crippen molar-refractivity contribution in [3.63, 3.8) is 0 Å². The molecule has 0 aliphatic heterocycles. The molecule has 0 atom stereocenters. The van der Waals surface area contributed by atoms with Crippen LogP contribution < -0.4 is 11.1 Å². The Bertz CT molecular complexity index is 1070. The van der Waals surface area contributed by atoms with Crippen molar-refractivity contribution in [3.8, 4) is 0 Å². The van der Waals surface area contributed by atoms with Crippen LogP contribution in [0.3, 0.4) is 0 Å². The minimum Gasteiger partial charge on any atom is -0.398 e. The molecule has 4 N–H and O–H groups in total. The standard InChI is InChI=1S/C15H15N5O4S2/c1-20-5-4-17-15(20)26(23,24)10-2-3-12(16)11(6-10)13(22)19-14-18-9(7-21)8-25-14/h2-6,8,21H,7,16H2,1H3,(H,18,19,22). The molecule has 0 aliphatic carbocycles. The fourth-order valence-electron chi connectivity index (χ4n) is 2.22. The lowest BCUT2D eigenvalue weighted by Gasteiger charge is -2.09. The van der Waals surface area contributed by atoms with E-state index in [-0.39, 0.29) is 33.0 Å². The van der Waals surface area contributed by atoms with E-state index in [9.17, 15) is 13.2 Å². The number of anilines is 2. The first-order valence-electron chi connectivity index (χ1n) is 7.31. The van der Waals surface area contributed by atoms with Gasteiger partial charge in [-0.15, -0.1) is 11.3 Å². The molecule has 1 aromatic carbocycles. The first-order valence-corrected chi connectivity index (χ1v) is 9.67. The number of carbonyl (C=O) groups is 1. The Morgan fingerprint density at radius 3 is 2.81 bits per heavy atom. The van der Waals surface area contributed by atoms with Gasteiger partial charge in [0.1, 0.15) is 0 Å². The summed E-state index contributed by atoms with van der Waals surface area (Å²) >= 11 is 1.14. The van der Waals surface area contributed by atoms with Gasteiger partial charge in [-0.2, -0.15) is 0 Å². The van der Waals surface area contributed by atoms with Crippen molar-refractivity contribution in [2.75, 3.05) is 11.1 Å². The monoisotopic (exact) mass is 393 g/mol. The molecule has 1 amide bonds. The van der Waals surface area contributed by atoms with Gasteiger partial charge >= 0.3 is 0 Å². The van der Waals surface area contributed by atoms with Gasteiger partial charge < -0.3 is 15.4 Å². The molecule has 0 unspecified atom stereocenters. The zero-order valence-electron chi connectivity index (χ0n) is 13.6. The van der Waals surface area contributed by atoms with Crippen LogP contribution >= 0.6 is 11.3 Å². The molecule has 2 heterocycles. The normalized spacial score (nSPS) is 11.5. The summed E-state index contributed by atoms with van der Waals surface area (Å²) in [6.07, 6.45) is 2.89. The lowest BCUT2D eigenvalue weighted by Crippen LogP contribution is -2.16. The first kappa shape index (κ1) is 18.0. The molecular formula is C15H15N5O4S2. The predicted octanol–water partition coefficient (Wildman–Crippen LogP) is 1.04. The van der Waals surface area contributed by atoms with E-state index < -0.39 is 15.7 Å².